The van der Waals surface area contributed by atoms with Crippen molar-refractivity contribution in [3.63, 3.8) is 0 Å². The highest BCUT2D eigenvalue weighted by Gasteiger charge is 2.05. The SMILES string of the molecule is CC(=O)c1ccc(Nc2cnnc(NCc3ccccc3F)n2)cc1. The molecule has 0 saturated carbocycles. The molecular weight excluding hydrogens is 321 g/mol. The van der Waals surface area contributed by atoms with Crippen molar-refractivity contribution in [2.75, 3.05) is 10.6 Å². The lowest BCUT2D eigenvalue weighted by atomic mass is 10.1. The second kappa shape index (κ2) is 7.48. The molecule has 6 nitrogen and oxygen atoms in total. The standard InChI is InChI=1S/C18H16FN5O/c1-12(25)13-6-8-15(9-7-13)22-17-11-21-24-18(23-17)20-10-14-4-2-3-5-16(14)19/h2-9,11H,10H2,1H3,(H2,20,22,23,24). The minimum Gasteiger partial charge on any atom is -0.349 e. The molecule has 0 amide bonds. The molecule has 7 heteroatoms. The Labute approximate surface area is 144 Å². The highest BCUT2D eigenvalue weighted by molar-refractivity contribution is 5.94. The monoisotopic (exact) mass is 337 g/mol. The van der Waals surface area contributed by atoms with Crippen LogP contribution in [0.5, 0.6) is 0 Å². The first-order chi connectivity index (χ1) is 12.1. The number of rotatable bonds is 6. The highest BCUT2D eigenvalue weighted by Crippen LogP contribution is 2.16. The molecular formula is C18H16FN5O. The topological polar surface area (TPSA) is 79.8 Å². The van der Waals surface area contributed by atoms with E-state index in [2.05, 4.69) is 25.8 Å². The number of halogens is 1. The summed E-state index contributed by atoms with van der Waals surface area (Å²) in [6.07, 6.45) is 1.48. The Morgan fingerprint density at radius 2 is 1.88 bits per heavy atom. The van der Waals surface area contributed by atoms with Gasteiger partial charge in [-0.05, 0) is 37.3 Å². The van der Waals surface area contributed by atoms with E-state index in [4.69, 9.17) is 0 Å². The van der Waals surface area contributed by atoms with Gasteiger partial charge in [-0.2, -0.15) is 10.1 Å². The molecule has 3 rings (SSSR count). The zero-order valence-electron chi connectivity index (χ0n) is 13.5. The van der Waals surface area contributed by atoms with Crippen molar-refractivity contribution >= 4 is 23.2 Å². The number of nitrogens with zero attached hydrogens (tertiary/aromatic N) is 3. The summed E-state index contributed by atoms with van der Waals surface area (Å²) in [4.78, 5) is 15.6. The van der Waals surface area contributed by atoms with Crippen molar-refractivity contribution in [2.24, 2.45) is 0 Å². The van der Waals surface area contributed by atoms with E-state index in [-0.39, 0.29) is 24.1 Å². The molecule has 0 fully saturated rings. The molecule has 2 N–H and O–H groups in total. The minimum atomic E-state index is -0.289. The number of carbonyl (C=O) groups excluding carboxylic acids is 1. The molecule has 0 radical (unpaired) electrons. The Balaban J connectivity index is 1.67. The maximum absolute atomic E-state index is 13.6. The predicted octanol–water partition coefficient (Wildman–Crippen LogP) is 3.57. The third-order valence-corrected chi connectivity index (χ3v) is 3.52. The Morgan fingerprint density at radius 1 is 1.12 bits per heavy atom. The van der Waals surface area contributed by atoms with E-state index in [0.29, 0.717) is 16.9 Å². The minimum absolute atomic E-state index is 0.00915. The van der Waals surface area contributed by atoms with Gasteiger partial charge in [-0.25, -0.2) is 4.39 Å². The molecule has 0 aliphatic heterocycles. The smallest absolute Gasteiger partial charge is 0.244 e. The maximum atomic E-state index is 13.6. The van der Waals surface area contributed by atoms with Crippen LogP contribution in [-0.2, 0) is 6.54 Å². The number of Topliss-reactive ketones (excluding diaryl/α,β-unsaturated/α-hetero) is 1. The van der Waals surface area contributed by atoms with Gasteiger partial charge in [0.2, 0.25) is 5.95 Å². The first-order valence-corrected chi connectivity index (χ1v) is 7.67. The fourth-order valence-corrected chi connectivity index (χ4v) is 2.19. The lowest BCUT2D eigenvalue weighted by Crippen LogP contribution is -2.07. The van der Waals surface area contributed by atoms with Crippen molar-refractivity contribution in [1.82, 2.24) is 15.2 Å². The summed E-state index contributed by atoms with van der Waals surface area (Å²) in [5, 5.41) is 13.8. The number of carbonyl (C=O) groups is 1. The lowest BCUT2D eigenvalue weighted by Gasteiger charge is -2.08. The summed E-state index contributed by atoms with van der Waals surface area (Å²) in [5.41, 5.74) is 1.92. The predicted molar refractivity (Wildman–Crippen MR) is 93.3 cm³/mol. The summed E-state index contributed by atoms with van der Waals surface area (Å²) in [6, 6.07) is 13.5. The fraction of sp³-hybridized carbons (Fsp3) is 0.111. The van der Waals surface area contributed by atoms with Gasteiger partial charge in [0.05, 0.1) is 6.20 Å². The quantitative estimate of drug-likeness (QED) is 0.670. The van der Waals surface area contributed by atoms with Crippen LogP contribution in [0.1, 0.15) is 22.8 Å². The average molecular weight is 337 g/mol. The van der Waals surface area contributed by atoms with Crippen LogP contribution in [-0.4, -0.2) is 21.0 Å². The first kappa shape index (κ1) is 16.5. The molecule has 0 aliphatic carbocycles. The molecule has 0 unspecified atom stereocenters. The molecule has 0 atom stereocenters. The third-order valence-electron chi connectivity index (χ3n) is 3.52. The van der Waals surface area contributed by atoms with Gasteiger partial charge in [0.1, 0.15) is 5.82 Å². The number of benzene rings is 2. The van der Waals surface area contributed by atoms with E-state index >= 15 is 0 Å². The fourth-order valence-electron chi connectivity index (χ4n) is 2.19. The molecule has 25 heavy (non-hydrogen) atoms. The van der Waals surface area contributed by atoms with Crippen LogP contribution in [0.25, 0.3) is 0 Å². The van der Waals surface area contributed by atoms with Gasteiger partial charge in [0.25, 0.3) is 0 Å². The molecule has 0 spiro atoms. The van der Waals surface area contributed by atoms with E-state index in [0.717, 1.165) is 5.69 Å². The van der Waals surface area contributed by atoms with E-state index in [1.807, 2.05) is 0 Å². The van der Waals surface area contributed by atoms with Gasteiger partial charge in [-0.1, -0.05) is 18.2 Å². The Hall–Kier alpha value is -3.35. The van der Waals surface area contributed by atoms with Crippen LogP contribution in [0.3, 0.4) is 0 Å². The van der Waals surface area contributed by atoms with Gasteiger partial charge >= 0.3 is 0 Å². The van der Waals surface area contributed by atoms with E-state index in [1.54, 1.807) is 42.5 Å². The Bertz CT molecular complexity index is 883. The Morgan fingerprint density at radius 3 is 2.60 bits per heavy atom. The van der Waals surface area contributed by atoms with Gasteiger partial charge < -0.3 is 10.6 Å². The maximum Gasteiger partial charge on any atom is 0.244 e. The van der Waals surface area contributed by atoms with E-state index in [9.17, 15) is 9.18 Å². The summed E-state index contributed by atoms with van der Waals surface area (Å²) in [7, 11) is 0. The first-order valence-electron chi connectivity index (χ1n) is 7.67. The van der Waals surface area contributed by atoms with Crippen molar-refractivity contribution in [2.45, 2.75) is 13.5 Å². The van der Waals surface area contributed by atoms with Gasteiger partial charge in [0, 0.05) is 23.4 Å². The van der Waals surface area contributed by atoms with Crippen molar-refractivity contribution in [3.8, 4) is 0 Å². The lowest BCUT2D eigenvalue weighted by molar-refractivity contribution is 0.101. The Kier molecular flexibility index (Phi) is 4.94. The highest BCUT2D eigenvalue weighted by atomic mass is 19.1. The normalized spacial score (nSPS) is 10.3. The van der Waals surface area contributed by atoms with Crippen molar-refractivity contribution in [1.29, 1.82) is 0 Å². The number of aromatic nitrogens is 3. The summed E-state index contributed by atoms with van der Waals surface area (Å²) in [5.74, 6) is 0.493. The molecule has 0 aliphatic rings. The number of hydrogen-bond donors (Lipinski definition) is 2. The summed E-state index contributed by atoms with van der Waals surface area (Å²) >= 11 is 0. The van der Waals surface area contributed by atoms with Crippen LogP contribution in [0.15, 0.2) is 54.7 Å². The molecule has 0 bridgehead atoms. The van der Waals surface area contributed by atoms with Crippen LogP contribution in [0, 0.1) is 5.82 Å². The number of hydrogen-bond acceptors (Lipinski definition) is 6. The van der Waals surface area contributed by atoms with Crippen LogP contribution < -0.4 is 10.6 Å². The van der Waals surface area contributed by atoms with Crippen LogP contribution >= 0.6 is 0 Å². The van der Waals surface area contributed by atoms with Gasteiger partial charge in [-0.15, -0.1) is 5.10 Å². The molecule has 1 aromatic heterocycles. The molecule has 3 aromatic rings. The van der Waals surface area contributed by atoms with Crippen LogP contribution in [0.2, 0.25) is 0 Å². The van der Waals surface area contributed by atoms with Crippen molar-refractivity contribution in [3.05, 3.63) is 71.7 Å². The number of nitrogens with one attached hydrogen (secondary N) is 2. The molecule has 0 saturated heterocycles. The zero-order valence-corrected chi connectivity index (χ0v) is 13.5. The van der Waals surface area contributed by atoms with E-state index in [1.165, 1.54) is 19.2 Å². The third kappa shape index (κ3) is 4.35. The number of ketones is 1. The van der Waals surface area contributed by atoms with Crippen molar-refractivity contribution < 1.29 is 9.18 Å². The summed E-state index contributed by atoms with van der Waals surface area (Å²) in [6.45, 7) is 1.77. The number of anilines is 3. The average Bonchev–Trinajstić information content (AvgIpc) is 2.62. The summed E-state index contributed by atoms with van der Waals surface area (Å²) < 4.78 is 13.6. The van der Waals surface area contributed by atoms with Gasteiger partial charge in [-0.3, -0.25) is 4.79 Å². The van der Waals surface area contributed by atoms with Gasteiger partial charge in [0.15, 0.2) is 11.6 Å². The zero-order chi connectivity index (χ0) is 17.6. The largest absolute Gasteiger partial charge is 0.349 e. The molecule has 2 aromatic carbocycles. The van der Waals surface area contributed by atoms with E-state index < -0.39 is 0 Å². The second-order valence-electron chi connectivity index (χ2n) is 5.37. The molecule has 1 heterocycles. The second-order valence-corrected chi connectivity index (χ2v) is 5.37. The van der Waals surface area contributed by atoms with Crippen LogP contribution in [0.4, 0.5) is 21.8 Å². The molecule has 126 valence electrons.